The van der Waals surface area contributed by atoms with E-state index in [1.807, 2.05) is 6.92 Å². The fourth-order valence-corrected chi connectivity index (χ4v) is 3.97. The maximum Gasteiger partial charge on any atom is 0.225 e. The molecule has 142 valence electrons. The van der Waals surface area contributed by atoms with Gasteiger partial charge in [0.1, 0.15) is 17.5 Å². The van der Waals surface area contributed by atoms with Crippen molar-refractivity contribution in [2.75, 3.05) is 69.2 Å². The second kappa shape index (κ2) is 7.39. The molecule has 7 heteroatoms. The number of amides is 1. The summed E-state index contributed by atoms with van der Waals surface area (Å²) in [6.45, 7) is 9.46. The van der Waals surface area contributed by atoms with Gasteiger partial charge < -0.3 is 19.6 Å². The Morgan fingerprint density at radius 3 is 1.96 bits per heavy atom. The zero-order valence-electron chi connectivity index (χ0n) is 16.0. The monoisotopic (exact) mass is 358 g/mol. The smallest absolute Gasteiger partial charge is 0.225 e. The lowest BCUT2D eigenvalue weighted by atomic mass is 9.84. The zero-order valence-corrected chi connectivity index (χ0v) is 16.0. The van der Waals surface area contributed by atoms with Crippen LogP contribution in [0.15, 0.2) is 6.07 Å². The summed E-state index contributed by atoms with van der Waals surface area (Å²) in [7, 11) is 2.17. The molecule has 1 aromatic rings. The molecule has 0 N–H and O–H groups in total. The van der Waals surface area contributed by atoms with E-state index >= 15 is 0 Å². The van der Waals surface area contributed by atoms with Gasteiger partial charge in [-0.3, -0.25) is 4.79 Å². The third kappa shape index (κ3) is 3.63. The number of likely N-dealkylation sites (N-methyl/N-ethyl adjacent to an activating group) is 1. The Morgan fingerprint density at radius 1 is 0.923 bits per heavy atom. The summed E-state index contributed by atoms with van der Waals surface area (Å²) in [5.74, 6) is 3.53. The van der Waals surface area contributed by atoms with Crippen LogP contribution in [0.1, 0.15) is 25.1 Å². The summed E-state index contributed by atoms with van der Waals surface area (Å²) in [5, 5.41) is 0. The Balaban J connectivity index is 1.41. The molecule has 2 saturated heterocycles. The number of aromatic nitrogens is 2. The van der Waals surface area contributed by atoms with Crippen molar-refractivity contribution in [1.29, 1.82) is 0 Å². The van der Waals surface area contributed by atoms with Gasteiger partial charge >= 0.3 is 0 Å². The Morgan fingerprint density at radius 2 is 1.46 bits per heavy atom. The van der Waals surface area contributed by atoms with Crippen molar-refractivity contribution in [3.05, 3.63) is 11.9 Å². The van der Waals surface area contributed by atoms with Gasteiger partial charge in [-0.05, 0) is 26.8 Å². The number of carbonyl (C=O) groups excluding carboxylic acids is 1. The summed E-state index contributed by atoms with van der Waals surface area (Å²) in [5.41, 5.74) is 0. The van der Waals surface area contributed by atoms with Crippen LogP contribution in [0.4, 0.5) is 11.6 Å². The van der Waals surface area contributed by atoms with Gasteiger partial charge in [-0.25, -0.2) is 9.97 Å². The van der Waals surface area contributed by atoms with E-state index in [4.69, 9.17) is 0 Å². The van der Waals surface area contributed by atoms with E-state index in [1.54, 1.807) is 0 Å². The molecule has 3 heterocycles. The Bertz CT molecular complexity index is 645. The highest BCUT2D eigenvalue weighted by atomic mass is 16.2. The highest BCUT2D eigenvalue weighted by Gasteiger charge is 2.31. The summed E-state index contributed by atoms with van der Waals surface area (Å²) in [6, 6.07) is 2.13. The van der Waals surface area contributed by atoms with Crippen LogP contribution in [-0.4, -0.2) is 85.1 Å². The van der Waals surface area contributed by atoms with Crippen LogP contribution in [0.5, 0.6) is 0 Å². The predicted molar refractivity (Wildman–Crippen MR) is 103 cm³/mol. The van der Waals surface area contributed by atoms with Crippen LogP contribution < -0.4 is 9.80 Å². The van der Waals surface area contributed by atoms with E-state index in [9.17, 15) is 4.79 Å². The lowest BCUT2D eigenvalue weighted by Gasteiger charge is -2.39. The van der Waals surface area contributed by atoms with Crippen molar-refractivity contribution in [3.63, 3.8) is 0 Å². The molecule has 0 atom stereocenters. The number of nitrogens with zero attached hydrogens (tertiary/aromatic N) is 6. The van der Waals surface area contributed by atoms with Crippen molar-refractivity contribution < 1.29 is 4.79 Å². The van der Waals surface area contributed by atoms with Gasteiger partial charge in [0, 0.05) is 64.3 Å². The van der Waals surface area contributed by atoms with E-state index in [-0.39, 0.29) is 0 Å². The molecule has 3 aliphatic rings. The molecule has 0 unspecified atom stereocenters. The first-order chi connectivity index (χ1) is 12.6. The first-order valence-corrected chi connectivity index (χ1v) is 9.93. The Hall–Kier alpha value is -1.89. The molecular weight excluding hydrogens is 328 g/mol. The fourth-order valence-electron chi connectivity index (χ4n) is 3.97. The average Bonchev–Trinajstić information content (AvgIpc) is 2.60. The molecule has 2 aliphatic heterocycles. The van der Waals surface area contributed by atoms with Crippen molar-refractivity contribution in [2.45, 2.75) is 26.2 Å². The summed E-state index contributed by atoms with van der Waals surface area (Å²) < 4.78 is 0. The topological polar surface area (TPSA) is 55.8 Å². The SMILES string of the molecule is Cc1nc(N2CCN(C)CC2)cc(N2CCN(C(=O)C3CCC3)CC2)n1. The van der Waals surface area contributed by atoms with Crippen molar-refractivity contribution in [1.82, 2.24) is 19.8 Å². The highest BCUT2D eigenvalue weighted by molar-refractivity contribution is 5.79. The number of carbonyl (C=O) groups is 1. The maximum absolute atomic E-state index is 12.4. The van der Waals surface area contributed by atoms with Gasteiger partial charge in [0.25, 0.3) is 0 Å². The Kier molecular flexibility index (Phi) is 4.98. The first kappa shape index (κ1) is 17.5. The summed E-state index contributed by atoms with van der Waals surface area (Å²) in [6.07, 6.45) is 3.38. The second-order valence-corrected chi connectivity index (χ2v) is 7.86. The lowest BCUT2D eigenvalue weighted by molar-refractivity contribution is -0.138. The maximum atomic E-state index is 12.4. The Labute approximate surface area is 156 Å². The number of hydrogen-bond acceptors (Lipinski definition) is 6. The molecule has 0 aromatic carbocycles. The molecule has 3 fully saturated rings. The van der Waals surface area contributed by atoms with Crippen LogP contribution in [0.25, 0.3) is 0 Å². The van der Waals surface area contributed by atoms with E-state index in [0.717, 1.165) is 82.7 Å². The van der Waals surface area contributed by atoms with Crippen LogP contribution in [-0.2, 0) is 4.79 Å². The normalized spacial score (nSPS) is 22.5. The standard InChI is InChI=1S/C19H30N6O/c1-15-20-17(23-8-6-22(2)7-9-23)14-18(21-15)24-10-12-25(13-11-24)19(26)16-4-3-5-16/h14,16H,3-13H2,1-2H3. The molecule has 1 aliphatic carbocycles. The van der Waals surface area contributed by atoms with E-state index < -0.39 is 0 Å². The second-order valence-electron chi connectivity index (χ2n) is 7.86. The van der Waals surface area contributed by atoms with Crippen molar-refractivity contribution in [2.24, 2.45) is 5.92 Å². The first-order valence-electron chi connectivity index (χ1n) is 9.93. The minimum atomic E-state index is 0.298. The van der Waals surface area contributed by atoms with Crippen LogP contribution in [0.3, 0.4) is 0 Å². The van der Waals surface area contributed by atoms with Gasteiger partial charge in [0.05, 0.1) is 0 Å². The molecule has 0 spiro atoms. The number of rotatable bonds is 3. The quantitative estimate of drug-likeness (QED) is 0.803. The van der Waals surface area contributed by atoms with Crippen molar-refractivity contribution in [3.8, 4) is 0 Å². The largest absolute Gasteiger partial charge is 0.354 e. The molecule has 0 radical (unpaired) electrons. The third-order valence-corrected chi connectivity index (χ3v) is 6.01. The molecular formula is C19H30N6O. The van der Waals surface area contributed by atoms with Crippen LogP contribution >= 0.6 is 0 Å². The third-order valence-electron chi connectivity index (χ3n) is 6.01. The van der Waals surface area contributed by atoms with Crippen LogP contribution in [0.2, 0.25) is 0 Å². The molecule has 7 nitrogen and oxygen atoms in total. The molecule has 0 bridgehead atoms. The van der Waals surface area contributed by atoms with Gasteiger partial charge in [0.2, 0.25) is 5.91 Å². The van der Waals surface area contributed by atoms with E-state index in [2.05, 4.69) is 42.7 Å². The van der Waals surface area contributed by atoms with Gasteiger partial charge in [-0.1, -0.05) is 6.42 Å². The number of piperazine rings is 2. The molecule has 26 heavy (non-hydrogen) atoms. The van der Waals surface area contributed by atoms with Crippen LogP contribution in [0, 0.1) is 12.8 Å². The van der Waals surface area contributed by atoms with E-state index in [0.29, 0.717) is 11.8 Å². The lowest BCUT2D eigenvalue weighted by Crippen LogP contribution is -2.51. The average molecular weight is 358 g/mol. The minimum absolute atomic E-state index is 0.298. The number of aryl methyl sites for hydroxylation is 1. The molecule has 1 amide bonds. The molecule has 1 saturated carbocycles. The van der Waals surface area contributed by atoms with Gasteiger partial charge in [-0.15, -0.1) is 0 Å². The predicted octanol–water partition coefficient (Wildman–Crippen LogP) is 0.986. The number of anilines is 2. The summed E-state index contributed by atoms with van der Waals surface area (Å²) >= 11 is 0. The van der Waals surface area contributed by atoms with E-state index in [1.165, 1.54) is 6.42 Å². The fraction of sp³-hybridized carbons (Fsp3) is 0.737. The molecule has 4 rings (SSSR count). The zero-order chi connectivity index (χ0) is 18.1. The highest BCUT2D eigenvalue weighted by Crippen LogP contribution is 2.29. The minimum Gasteiger partial charge on any atom is -0.354 e. The molecule has 1 aromatic heterocycles. The number of hydrogen-bond donors (Lipinski definition) is 0. The summed E-state index contributed by atoms with van der Waals surface area (Å²) in [4.78, 5) is 30.8. The van der Waals surface area contributed by atoms with Gasteiger partial charge in [-0.2, -0.15) is 0 Å². The van der Waals surface area contributed by atoms with Gasteiger partial charge in [0.15, 0.2) is 0 Å². The van der Waals surface area contributed by atoms with Crippen molar-refractivity contribution >= 4 is 17.5 Å².